The molecule has 0 atom stereocenters. The van der Waals surface area contributed by atoms with Gasteiger partial charge in [0.25, 0.3) is 5.91 Å². The minimum atomic E-state index is -0.279. The molecule has 2 N–H and O–H groups in total. The van der Waals surface area contributed by atoms with E-state index in [1.54, 1.807) is 18.2 Å². The van der Waals surface area contributed by atoms with Gasteiger partial charge in [-0.2, -0.15) is 0 Å². The molecule has 0 bridgehead atoms. The molecule has 0 unspecified atom stereocenters. The topological polar surface area (TPSA) is 74.6 Å². The summed E-state index contributed by atoms with van der Waals surface area (Å²) in [4.78, 5) is 26.6. The van der Waals surface area contributed by atoms with Crippen molar-refractivity contribution in [1.29, 1.82) is 0 Å². The molecule has 3 amide bonds. The number of furan rings is 1. The number of anilines is 1. The molecule has 3 aromatic rings. The molecule has 2 heterocycles. The molecule has 0 saturated carbocycles. The van der Waals surface area contributed by atoms with E-state index in [-0.39, 0.29) is 11.9 Å². The summed E-state index contributed by atoms with van der Waals surface area (Å²) in [7, 11) is 0. The minimum absolute atomic E-state index is 0.0796. The van der Waals surface area contributed by atoms with Crippen LogP contribution in [-0.2, 0) is 0 Å². The number of halogens is 1. The fourth-order valence-electron chi connectivity index (χ4n) is 3.55. The first-order chi connectivity index (χ1) is 14.1. The van der Waals surface area contributed by atoms with Gasteiger partial charge in [0.2, 0.25) is 0 Å². The van der Waals surface area contributed by atoms with Crippen LogP contribution in [0.2, 0.25) is 5.02 Å². The fraction of sp³-hybridized carbons (Fsp3) is 0.273. The summed E-state index contributed by atoms with van der Waals surface area (Å²) in [5, 5.41) is 7.07. The van der Waals surface area contributed by atoms with Crippen LogP contribution >= 0.6 is 11.6 Å². The summed E-state index contributed by atoms with van der Waals surface area (Å²) in [6.07, 6.45) is 1.66. The highest BCUT2D eigenvalue weighted by Gasteiger charge is 2.26. The molecule has 1 aliphatic heterocycles. The Hall–Kier alpha value is -2.99. The summed E-state index contributed by atoms with van der Waals surface area (Å²) in [6.45, 7) is 1.85. The SMILES string of the molecule is O=C(NCC1CCN(C(=O)c2cc3ccccc3o2)CC1)Nc1ccccc1Cl. The number of amides is 3. The maximum Gasteiger partial charge on any atom is 0.319 e. The summed E-state index contributed by atoms with van der Waals surface area (Å²) in [5.41, 5.74) is 1.30. The summed E-state index contributed by atoms with van der Waals surface area (Å²) >= 11 is 6.05. The molecule has 0 spiro atoms. The van der Waals surface area contributed by atoms with Gasteiger partial charge >= 0.3 is 6.03 Å². The van der Waals surface area contributed by atoms with Crippen LogP contribution < -0.4 is 10.6 Å². The van der Waals surface area contributed by atoms with Gasteiger partial charge in [0.05, 0.1) is 10.7 Å². The molecule has 7 heteroatoms. The lowest BCUT2D eigenvalue weighted by atomic mass is 9.96. The Balaban J connectivity index is 1.25. The van der Waals surface area contributed by atoms with Crippen LogP contribution in [0.4, 0.5) is 10.5 Å². The van der Waals surface area contributed by atoms with Crippen molar-refractivity contribution in [2.45, 2.75) is 12.8 Å². The molecule has 2 aromatic carbocycles. The molecule has 1 aliphatic rings. The number of hydrogen-bond acceptors (Lipinski definition) is 3. The molecule has 1 fully saturated rings. The molecule has 6 nitrogen and oxygen atoms in total. The maximum atomic E-state index is 12.7. The lowest BCUT2D eigenvalue weighted by molar-refractivity contribution is 0.0661. The van der Waals surface area contributed by atoms with Crippen LogP contribution in [0.25, 0.3) is 11.0 Å². The van der Waals surface area contributed by atoms with Crippen molar-refractivity contribution in [3.63, 3.8) is 0 Å². The third-order valence-corrected chi connectivity index (χ3v) is 5.54. The van der Waals surface area contributed by atoms with Gasteiger partial charge in [0, 0.05) is 25.0 Å². The van der Waals surface area contributed by atoms with Crippen LogP contribution in [0.1, 0.15) is 23.4 Å². The highest BCUT2D eigenvalue weighted by molar-refractivity contribution is 6.33. The summed E-state index contributed by atoms with van der Waals surface area (Å²) in [5.74, 6) is 0.623. The Morgan fingerprint density at radius 2 is 1.79 bits per heavy atom. The number of likely N-dealkylation sites (tertiary alicyclic amines) is 1. The first-order valence-electron chi connectivity index (χ1n) is 9.67. The maximum absolute atomic E-state index is 12.7. The second-order valence-electron chi connectivity index (χ2n) is 7.20. The van der Waals surface area contributed by atoms with Gasteiger partial charge < -0.3 is 20.0 Å². The van der Waals surface area contributed by atoms with Crippen molar-refractivity contribution in [2.24, 2.45) is 5.92 Å². The van der Waals surface area contributed by atoms with E-state index in [4.69, 9.17) is 16.0 Å². The quantitative estimate of drug-likeness (QED) is 0.650. The second kappa shape index (κ2) is 8.57. The van der Waals surface area contributed by atoms with Crippen molar-refractivity contribution in [2.75, 3.05) is 25.0 Å². The monoisotopic (exact) mass is 411 g/mol. The normalized spacial score (nSPS) is 14.7. The van der Waals surface area contributed by atoms with Crippen molar-refractivity contribution >= 4 is 40.2 Å². The highest BCUT2D eigenvalue weighted by atomic mass is 35.5. The van der Waals surface area contributed by atoms with Crippen molar-refractivity contribution < 1.29 is 14.0 Å². The Labute approximate surface area is 173 Å². The van der Waals surface area contributed by atoms with Crippen LogP contribution in [0.5, 0.6) is 0 Å². The van der Waals surface area contributed by atoms with Gasteiger partial charge in [-0.3, -0.25) is 4.79 Å². The molecular weight excluding hydrogens is 390 g/mol. The zero-order chi connectivity index (χ0) is 20.2. The Bertz CT molecular complexity index is 992. The Morgan fingerprint density at radius 3 is 2.55 bits per heavy atom. The number of para-hydroxylation sites is 2. The molecule has 1 saturated heterocycles. The van der Waals surface area contributed by atoms with Gasteiger partial charge in [-0.25, -0.2) is 4.79 Å². The predicted molar refractivity (Wildman–Crippen MR) is 113 cm³/mol. The largest absolute Gasteiger partial charge is 0.451 e. The van der Waals surface area contributed by atoms with E-state index in [2.05, 4.69) is 10.6 Å². The van der Waals surface area contributed by atoms with E-state index in [1.807, 2.05) is 41.3 Å². The number of rotatable bonds is 4. The van der Waals surface area contributed by atoms with Gasteiger partial charge in [-0.05, 0) is 43.0 Å². The Morgan fingerprint density at radius 1 is 1.07 bits per heavy atom. The van der Waals surface area contributed by atoms with Crippen LogP contribution in [-0.4, -0.2) is 36.5 Å². The third-order valence-electron chi connectivity index (χ3n) is 5.21. The lowest BCUT2D eigenvalue weighted by Crippen LogP contribution is -2.42. The molecule has 29 heavy (non-hydrogen) atoms. The lowest BCUT2D eigenvalue weighted by Gasteiger charge is -2.31. The number of benzene rings is 2. The van der Waals surface area contributed by atoms with Crippen molar-refractivity contribution in [1.82, 2.24) is 10.2 Å². The van der Waals surface area contributed by atoms with E-state index in [0.717, 1.165) is 23.8 Å². The standard InChI is InChI=1S/C22H22ClN3O3/c23-17-6-2-3-7-18(17)25-22(28)24-14-15-9-11-26(12-10-15)21(27)20-13-16-5-1-4-8-19(16)29-20/h1-8,13,15H,9-12,14H2,(H2,24,25,28). The summed E-state index contributed by atoms with van der Waals surface area (Å²) < 4.78 is 5.69. The molecule has 0 radical (unpaired) electrons. The van der Waals surface area contributed by atoms with Crippen molar-refractivity contribution in [3.05, 3.63) is 65.4 Å². The molecule has 150 valence electrons. The highest BCUT2D eigenvalue weighted by Crippen LogP contribution is 2.23. The van der Waals surface area contributed by atoms with Crippen LogP contribution in [0.15, 0.2) is 59.0 Å². The number of carbonyl (C=O) groups excluding carboxylic acids is 2. The van der Waals surface area contributed by atoms with Crippen LogP contribution in [0.3, 0.4) is 0 Å². The van der Waals surface area contributed by atoms with E-state index >= 15 is 0 Å². The van der Waals surface area contributed by atoms with E-state index < -0.39 is 0 Å². The third kappa shape index (κ3) is 4.54. The van der Waals surface area contributed by atoms with E-state index in [1.165, 1.54) is 0 Å². The first kappa shape index (κ1) is 19.3. The Kier molecular flexibility index (Phi) is 5.71. The predicted octanol–water partition coefficient (Wildman–Crippen LogP) is 4.76. The summed E-state index contributed by atoms with van der Waals surface area (Å²) in [6, 6.07) is 16.2. The number of nitrogens with one attached hydrogen (secondary N) is 2. The number of urea groups is 1. The average molecular weight is 412 g/mol. The van der Waals surface area contributed by atoms with Crippen molar-refractivity contribution in [3.8, 4) is 0 Å². The smallest absolute Gasteiger partial charge is 0.319 e. The number of carbonyl (C=O) groups is 2. The minimum Gasteiger partial charge on any atom is -0.451 e. The molecular formula is C22H22ClN3O3. The van der Waals surface area contributed by atoms with Gasteiger partial charge in [0.1, 0.15) is 5.58 Å². The number of hydrogen-bond donors (Lipinski definition) is 2. The van der Waals surface area contributed by atoms with Gasteiger partial charge in [-0.15, -0.1) is 0 Å². The number of nitrogens with zero attached hydrogens (tertiary/aromatic N) is 1. The molecule has 1 aromatic heterocycles. The molecule has 0 aliphatic carbocycles. The van der Waals surface area contributed by atoms with Gasteiger partial charge in [0.15, 0.2) is 5.76 Å². The van der Waals surface area contributed by atoms with E-state index in [9.17, 15) is 9.59 Å². The first-order valence-corrected chi connectivity index (χ1v) is 10.0. The number of piperidine rings is 1. The zero-order valence-corrected chi connectivity index (χ0v) is 16.6. The second-order valence-corrected chi connectivity index (χ2v) is 7.61. The average Bonchev–Trinajstić information content (AvgIpc) is 3.18. The molecule has 4 rings (SSSR count). The zero-order valence-electron chi connectivity index (χ0n) is 15.9. The number of fused-ring (bicyclic) bond motifs is 1. The van der Waals surface area contributed by atoms with E-state index in [0.29, 0.717) is 42.0 Å². The van der Waals surface area contributed by atoms with Gasteiger partial charge in [-0.1, -0.05) is 41.9 Å². The van der Waals surface area contributed by atoms with Crippen LogP contribution in [0, 0.1) is 5.92 Å². The fourth-order valence-corrected chi connectivity index (χ4v) is 3.73.